The molecule has 3 N–H and O–H groups in total. The Balaban J connectivity index is 3.71. The topological polar surface area (TPSA) is 105 Å². The van der Waals surface area contributed by atoms with E-state index in [4.69, 9.17) is 9.05 Å². The SMILES string of the molecule is CC/C=C\C/C=C\C/C=C\C/C=C\C/C=C\CCCCCCCCCCCCCCCCCCCCCC(=O)NC(COP(=O)(O)OCC[N+](C)(C)C)C(O)CCCCC. The second-order valence-corrected chi connectivity index (χ2v) is 19.3. The van der Waals surface area contributed by atoms with Gasteiger partial charge in [0, 0.05) is 6.42 Å². The summed E-state index contributed by atoms with van der Waals surface area (Å²) in [4.78, 5) is 22.9. The first-order valence-electron chi connectivity index (χ1n) is 24.7. The van der Waals surface area contributed by atoms with Crippen molar-refractivity contribution in [2.45, 2.75) is 219 Å². The van der Waals surface area contributed by atoms with Crippen molar-refractivity contribution in [3.05, 3.63) is 60.8 Å². The van der Waals surface area contributed by atoms with Gasteiger partial charge in [-0.2, -0.15) is 0 Å². The summed E-state index contributed by atoms with van der Waals surface area (Å²) >= 11 is 0. The van der Waals surface area contributed by atoms with Crippen LogP contribution in [0, 0.1) is 0 Å². The number of phosphoric ester groups is 1. The first-order chi connectivity index (χ1) is 29.0. The highest BCUT2D eigenvalue weighted by molar-refractivity contribution is 7.47. The Morgan fingerprint density at radius 2 is 1.00 bits per heavy atom. The van der Waals surface area contributed by atoms with E-state index < -0.39 is 20.0 Å². The number of aliphatic hydroxyl groups excluding tert-OH is 1. The molecule has 0 radical (unpaired) electrons. The van der Waals surface area contributed by atoms with Crippen molar-refractivity contribution in [1.29, 1.82) is 0 Å². The molecule has 0 aliphatic rings. The Bertz CT molecular complexity index is 1160. The summed E-state index contributed by atoms with van der Waals surface area (Å²) in [6.07, 6.45) is 56.6. The molecule has 0 bridgehead atoms. The highest BCUT2D eigenvalue weighted by Gasteiger charge is 2.28. The van der Waals surface area contributed by atoms with Gasteiger partial charge in [0.2, 0.25) is 5.91 Å². The van der Waals surface area contributed by atoms with Gasteiger partial charge in [-0.05, 0) is 57.8 Å². The Morgan fingerprint density at radius 1 is 0.583 bits per heavy atom. The minimum atomic E-state index is -4.29. The highest BCUT2D eigenvalue weighted by Crippen LogP contribution is 2.43. The molecule has 0 aliphatic heterocycles. The predicted molar refractivity (Wildman–Crippen MR) is 258 cm³/mol. The van der Waals surface area contributed by atoms with E-state index in [1.54, 1.807) is 0 Å². The van der Waals surface area contributed by atoms with Crippen molar-refractivity contribution < 1.29 is 32.9 Å². The van der Waals surface area contributed by atoms with Crippen LogP contribution in [0.25, 0.3) is 0 Å². The third-order valence-electron chi connectivity index (χ3n) is 10.8. The molecule has 0 spiro atoms. The summed E-state index contributed by atoms with van der Waals surface area (Å²) < 4.78 is 23.3. The summed E-state index contributed by atoms with van der Waals surface area (Å²) in [7, 11) is 1.61. The lowest BCUT2D eigenvalue weighted by Crippen LogP contribution is -2.46. The van der Waals surface area contributed by atoms with Gasteiger partial charge in [0.25, 0.3) is 0 Å². The van der Waals surface area contributed by atoms with Crippen molar-refractivity contribution in [3.63, 3.8) is 0 Å². The molecule has 0 aromatic carbocycles. The van der Waals surface area contributed by atoms with Crippen LogP contribution in [0.15, 0.2) is 60.8 Å². The van der Waals surface area contributed by atoms with Crippen molar-refractivity contribution >= 4 is 13.7 Å². The number of nitrogens with zero attached hydrogens (tertiary/aromatic N) is 1. The predicted octanol–water partition coefficient (Wildman–Crippen LogP) is 14.2. The van der Waals surface area contributed by atoms with E-state index in [-0.39, 0.29) is 19.1 Å². The van der Waals surface area contributed by atoms with Crippen molar-refractivity contribution in [3.8, 4) is 0 Å². The van der Waals surface area contributed by atoms with Crippen LogP contribution in [-0.2, 0) is 18.4 Å². The third-order valence-corrected chi connectivity index (χ3v) is 11.8. The molecular weight excluding hydrogens is 768 g/mol. The summed E-state index contributed by atoms with van der Waals surface area (Å²) in [5, 5.41) is 13.6. The van der Waals surface area contributed by atoms with Gasteiger partial charge in [-0.1, -0.05) is 203 Å². The normalized spacial score (nSPS) is 14.7. The molecule has 60 heavy (non-hydrogen) atoms. The van der Waals surface area contributed by atoms with E-state index in [9.17, 15) is 19.4 Å². The van der Waals surface area contributed by atoms with Gasteiger partial charge in [-0.15, -0.1) is 0 Å². The van der Waals surface area contributed by atoms with Gasteiger partial charge in [0.1, 0.15) is 13.2 Å². The molecule has 0 aromatic rings. The van der Waals surface area contributed by atoms with E-state index in [1.807, 2.05) is 21.1 Å². The van der Waals surface area contributed by atoms with Gasteiger partial charge in [-0.25, -0.2) is 4.57 Å². The summed E-state index contributed by atoms with van der Waals surface area (Å²) in [6.45, 7) is 4.60. The monoisotopic (exact) mass is 864 g/mol. The average Bonchev–Trinajstić information content (AvgIpc) is 3.20. The number of likely N-dealkylation sites (N-methyl/N-ethyl adjacent to an activating group) is 1. The number of allylic oxidation sites excluding steroid dienone is 10. The largest absolute Gasteiger partial charge is 0.472 e. The molecule has 350 valence electrons. The van der Waals surface area contributed by atoms with E-state index in [0.717, 1.165) is 70.6 Å². The molecule has 0 heterocycles. The molecule has 0 saturated heterocycles. The van der Waals surface area contributed by atoms with Crippen LogP contribution >= 0.6 is 7.82 Å². The number of rotatable bonds is 44. The number of quaternary nitrogens is 1. The summed E-state index contributed by atoms with van der Waals surface area (Å²) in [5.41, 5.74) is 0. The quantitative estimate of drug-likeness (QED) is 0.0244. The van der Waals surface area contributed by atoms with Crippen LogP contribution in [0.3, 0.4) is 0 Å². The minimum Gasteiger partial charge on any atom is -0.391 e. The number of unbranched alkanes of at least 4 members (excludes halogenated alkanes) is 21. The molecule has 9 heteroatoms. The van der Waals surface area contributed by atoms with Gasteiger partial charge in [-0.3, -0.25) is 13.8 Å². The minimum absolute atomic E-state index is 0.0726. The third kappa shape index (κ3) is 44.3. The molecule has 3 unspecified atom stereocenters. The molecule has 0 aliphatic carbocycles. The van der Waals surface area contributed by atoms with Gasteiger partial charge in [0.05, 0.1) is 39.9 Å². The highest BCUT2D eigenvalue weighted by atomic mass is 31.2. The fourth-order valence-corrected chi connectivity index (χ4v) is 7.63. The first kappa shape index (κ1) is 58.2. The van der Waals surface area contributed by atoms with Crippen LogP contribution in [-0.4, -0.2) is 73.4 Å². The summed E-state index contributed by atoms with van der Waals surface area (Å²) in [5.74, 6) is -0.156. The lowest BCUT2D eigenvalue weighted by atomic mass is 10.0. The fourth-order valence-electron chi connectivity index (χ4n) is 6.90. The number of carbonyl (C=O) groups is 1. The maximum absolute atomic E-state index is 12.7. The van der Waals surface area contributed by atoms with Crippen molar-refractivity contribution in [1.82, 2.24) is 5.32 Å². The molecule has 0 rings (SSSR count). The molecule has 0 saturated carbocycles. The Kier molecular flexibility index (Phi) is 41.2. The zero-order valence-corrected chi connectivity index (χ0v) is 40.6. The zero-order chi connectivity index (χ0) is 44.3. The maximum Gasteiger partial charge on any atom is 0.472 e. The lowest BCUT2D eigenvalue weighted by Gasteiger charge is -2.26. The Morgan fingerprint density at radius 3 is 1.43 bits per heavy atom. The van der Waals surface area contributed by atoms with Crippen LogP contribution in [0.4, 0.5) is 0 Å². The number of amides is 1. The van der Waals surface area contributed by atoms with E-state index in [1.165, 1.54) is 109 Å². The summed E-state index contributed by atoms with van der Waals surface area (Å²) in [6, 6.07) is -0.755. The first-order valence-corrected chi connectivity index (χ1v) is 26.1. The van der Waals surface area contributed by atoms with Crippen molar-refractivity contribution in [2.75, 3.05) is 40.9 Å². The molecule has 1 amide bonds. The second kappa shape index (κ2) is 42.5. The number of aliphatic hydroxyl groups is 1. The van der Waals surface area contributed by atoms with Gasteiger partial charge in [0.15, 0.2) is 0 Å². The van der Waals surface area contributed by atoms with Crippen molar-refractivity contribution in [2.24, 2.45) is 0 Å². The van der Waals surface area contributed by atoms with Crippen LogP contribution in [0.2, 0.25) is 0 Å². The molecule has 8 nitrogen and oxygen atoms in total. The van der Waals surface area contributed by atoms with Gasteiger partial charge < -0.3 is 19.8 Å². The molecule has 0 aromatic heterocycles. The maximum atomic E-state index is 12.7. The molecule has 3 atom stereocenters. The molecule has 0 fully saturated rings. The van der Waals surface area contributed by atoms with Crippen LogP contribution in [0.1, 0.15) is 206 Å². The lowest BCUT2D eigenvalue weighted by molar-refractivity contribution is -0.870. The number of nitrogens with one attached hydrogen (secondary N) is 1. The van der Waals surface area contributed by atoms with Crippen LogP contribution < -0.4 is 5.32 Å². The number of hydrogen-bond donors (Lipinski definition) is 3. The van der Waals surface area contributed by atoms with Crippen LogP contribution in [0.5, 0.6) is 0 Å². The average molecular weight is 864 g/mol. The number of hydrogen-bond acceptors (Lipinski definition) is 5. The number of carbonyl (C=O) groups excluding carboxylic acids is 1. The van der Waals surface area contributed by atoms with E-state index in [0.29, 0.717) is 23.9 Å². The number of phosphoric acid groups is 1. The second-order valence-electron chi connectivity index (χ2n) is 17.8. The Labute approximate surface area is 371 Å². The smallest absolute Gasteiger partial charge is 0.391 e. The van der Waals surface area contributed by atoms with E-state index in [2.05, 4.69) is 79.9 Å². The Hall–Kier alpha value is -1.80. The fraction of sp³-hybridized carbons (Fsp3) is 0.784. The zero-order valence-electron chi connectivity index (χ0n) is 39.7. The van der Waals surface area contributed by atoms with E-state index >= 15 is 0 Å². The standard InChI is InChI=1S/C51H95N2O6P/c1-6-8-10-11-12-13-14-15-16-17-18-19-20-21-22-23-24-25-26-27-28-29-30-31-32-33-34-35-36-37-38-39-40-41-43-45-51(55)52-49(50(54)44-42-9-7-2)48-59-60(56,57)58-47-46-53(3,4)5/h8,10,12-13,15-16,18-19,21-22,49-50,54H,6-7,9,11,14,17,20,23-48H2,1-5H3,(H-,52,55,56,57)/p+1/b10-8-,13-12-,16-15-,19-18-,22-21-. The van der Waals surface area contributed by atoms with Gasteiger partial charge >= 0.3 is 7.82 Å². The molecular formula is C51H96N2O6P+.